The molecule has 0 aromatic heterocycles. The molecule has 5 heteroatoms. The van der Waals surface area contributed by atoms with Gasteiger partial charge in [0.15, 0.2) is 0 Å². The minimum Gasteiger partial charge on any atom is -0.493 e. The van der Waals surface area contributed by atoms with E-state index in [0.29, 0.717) is 17.9 Å². The number of carboxylic acid groups (broad SMARTS) is 1. The van der Waals surface area contributed by atoms with Crippen LogP contribution in [0.2, 0.25) is 0 Å². The van der Waals surface area contributed by atoms with Crippen molar-refractivity contribution in [3.63, 3.8) is 0 Å². The van der Waals surface area contributed by atoms with Crippen molar-refractivity contribution in [2.75, 3.05) is 18.1 Å². The van der Waals surface area contributed by atoms with Crippen molar-refractivity contribution < 1.29 is 19.0 Å². The molecule has 98 valence electrons. The lowest BCUT2D eigenvalue weighted by Gasteiger charge is -2.06. The van der Waals surface area contributed by atoms with Crippen molar-refractivity contribution in [3.05, 3.63) is 35.7 Å². The number of carboxylic acids is 1. The summed E-state index contributed by atoms with van der Waals surface area (Å²) < 4.78 is 18.7. The lowest BCUT2D eigenvalue weighted by atomic mass is 10.2. The molecule has 0 amide bonds. The van der Waals surface area contributed by atoms with Crippen LogP contribution >= 0.6 is 11.8 Å². The van der Waals surface area contributed by atoms with Crippen molar-refractivity contribution in [3.8, 4) is 5.75 Å². The molecule has 0 heterocycles. The molecule has 1 aromatic rings. The largest absolute Gasteiger partial charge is 0.493 e. The maximum absolute atomic E-state index is 13.3. The fourth-order valence-electron chi connectivity index (χ4n) is 1.29. The number of benzene rings is 1. The predicted molar refractivity (Wildman–Crippen MR) is 71.6 cm³/mol. The van der Waals surface area contributed by atoms with E-state index in [0.717, 1.165) is 17.6 Å². The number of aliphatic carboxylic acids is 1. The second-order valence-electron chi connectivity index (χ2n) is 3.44. The van der Waals surface area contributed by atoms with Gasteiger partial charge in [-0.15, -0.1) is 0 Å². The van der Waals surface area contributed by atoms with E-state index < -0.39 is 11.8 Å². The van der Waals surface area contributed by atoms with Gasteiger partial charge in [-0.05, 0) is 29.5 Å². The van der Waals surface area contributed by atoms with Gasteiger partial charge in [0.2, 0.25) is 0 Å². The topological polar surface area (TPSA) is 46.5 Å². The van der Waals surface area contributed by atoms with Crippen LogP contribution in [0.25, 0.3) is 6.08 Å². The Balaban J connectivity index is 2.65. The predicted octanol–water partition coefficient (Wildman–Crippen LogP) is 3.06. The van der Waals surface area contributed by atoms with Crippen LogP contribution in [-0.2, 0) is 4.79 Å². The zero-order valence-electron chi connectivity index (χ0n) is 10.1. The zero-order valence-corrected chi connectivity index (χ0v) is 10.9. The molecule has 0 atom stereocenters. The number of hydrogen-bond donors (Lipinski definition) is 1. The van der Waals surface area contributed by atoms with Crippen LogP contribution in [0.4, 0.5) is 4.39 Å². The van der Waals surface area contributed by atoms with Gasteiger partial charge in [-0.25, -0.2) is 9.18 Å². The van der Waals surface area contributed by atoms with E-state index in [1.54, 1.807) is 17.8 Å². The molecule has 3 nitrogen and oxygen atoms in total. The summed E-state index contributed by atoms with van der Waals surface area (Å²) in [5.41, 5.74) is 0.468. The number of halogens is 1. The normalized spacial score (nSPS) is 10.8. The second-order valence-corrected chi connectivity index (χ2v) is 4.83. The Morgan fingerprint density at radius 3 is 2.94 bits per heavy atom. The molecule has 18 heavy (non-hydrogen) atoms. The van der Waals surface area contributed by atoms with E-state index in [-0.39, 0.29) is 0 Å². The highest BCUT2D eigenvalue weighted by Gasteiger charge is 2.00. The average molecular weight is 270 g/mol. The van der Waals surface area contributed by atoms with E-state index in [1.807, 2.05) is 0 Å². The Labute approximate surface area is 110 Å². The van der Waals surface area contributed by atoms with Crippen LogP contribution in [0.15, 0.2) is 24.3 Å². The number of thioether (sulfide) groups is 1. The summed E-state index contributed by atoms with van der Waals surface area (Å²) in [5, 5.41) is 8.50. The summed E-state index contributed by atoms with van der Waals surface area (Å²) in [7, 11) is 0. The number of ether oxygens (including phenoxy) is 1. The standard InChI is InChI=1S/C13H15FO3S/c1-2-18-6-5-17-12-8-10(3-4-13(15)16)7-11(14)9-12/h3-4,7-9H,2,5-6H2,1H3,(H,15,16)/b4-3+. The van der Waals surface area contributed by atoms with E-state index >= 15 is 0 Å². The van der Waals surface area contributed by atoms with Crippen LogP contribution in [-0.4, -0.2) is 29.2 Å². The molecule has 0 fully saturated rings. The maximum Gasteiger partial charge on any atom is 0.328 e. The molecule has 0 aliphatic carbocycles. The molecule has 0 saturated carbocycles. The Morgan fingerprint density at radius 1 is 1.50 bits per heavy atom. The van der Waals surface area contributed by atoms with Crippen LogP contribution in [0.5, 0.6) is 5.75 Å². The van der Waals surface area contributed by atoms with Gasteiger partial charge in [0.05, 0.1) is 6.61 Å². The lowest BCUT2D eigenvalue weighted by Crippen LogP contribution is -2.01. The molecule has 0 radical (unpaired) electrons. The Bertz CT molecular complexity index is 432. The molecule has 1 aromatic carbocycles. The van der Waals surface area contributed by atoms with Crippen LogP contribution in [0.1, 0.15) is 12.5 Å². The highest BCUT2D eigenvalue weighted by atomic mass is 32.2. The third-order valence-electron chi connectivity index (χ3n) is 2.01. The summed E-state index contributed by atoms with van der Waals surface area (Å²) in [6, 6.07) is 4.15. The Morgan fingerprint density at radius 2 is 2.28 bits per heavy atom. The van der Waals surface area contributed by atoms with E-state index in [9.17, 15) is 9.18 Å². The fourth-order valence-corrected chi connectivity index (χ4v) is 1.78. The lowest BCUT2D eigenvalue weighted by molar-refractivity contribution is -0.131. The molecular formula is C13H15FO3S. The quantitative estimate of drug-likeness (QED) is 0.611. The zero-order chi connectivity index (χ0) is 13.4. The van der Waals surface area contributed by atoms with Crippen molar-refractivity contribution in [2.24, 2.45) is 0 Å². The Kier molecular flexibility index (Phi) is 6.28. The minimum absolute atomic E-state index is 0.414. The van der Waals surface area contributed by atoms with Gasteiger partial charge in [0, 0.05) is 17.9 Å². The first-order valence-electron chi connectivity index (χ1n) is 5.54. The van der Waals surface area contributed by atoms with Crippen molar-refractivity contribution in [2.45, 2.75) is 6.92 Å². The van der Waals surface area contributed by atoms with Crippen LogP contribution in [0.3, 0.4) is 0 Å². The first-order chi connectivity index (χ1) is 8.61. The van der Waals surface area contributed by atoms with Gasteiger partial charge in [-0.3, -0.25) is 0 Å². The highest BCUT2D eigenvalue weighted by Crippen LogP contribution is 2.18. The van der Waals surface area contributed by atoms with Gasteiger partial charge in [-0.2, -0.15) is 11.8 Å². The Hall–Kier alpha value is -1.49. The number of rotatable bonds is 7. The van der Waals surface area contributed by atoms with Gasteiger partial charge >= 0.3 is 5.97 Å². The minimum atomic E-state index is -1.07. The fraction of sp³-hybridized carbons (Fsp3) is 0.308. The molecule has 0 aliphatic heterocycles. The maximum atomic E-state index is 13.3. The molecule has 0 unspecified atom stereocenters. The molecule has 0 aliphatic rings. The van der Waals surface area contributed by atoms with Crippen LogP contribution in [0, 0.1) is 5.82 Å². The summed E-state index contributed by atoms with van der Waals surface area (Å²) in [4.78, 5) is 10.4. The molecule has 0 spiro atoms. The number of hydrogen-bond acceptors (Lipinski definition) is 3. The molecule has 1 N–H and O–H groups in total. The van der Waals surface area contributed by atoms with E-state index in [2.05, 4.69) is 6.92 Å². The molecule has 0 bridgehead atoms. The van der Waals surface area contributed by atoms with Crippen molar-refractivity contribution in [1.29, 1.82) is 0 Å². The van der Waals surface area contributed by atoms with Crippen molar-refractivity contribution >= 4 is 23.8 Å². The molecular weight excluding hydrogens is 255 g/mol. The monoisotopic (exact) mass is 270 g/mol. The SMILES string of the molecule is CCSCCOc1cc(F)cc(/C=C/C(=O)O)c1. The van der Waals surface area contributed by atoms with Gasteiger partial charge < -0.3 is 9.84 Å². The van der Waals surface area contributed by atoms with Gasteiger partial charge in [0.25, 0.3) is 0 Å². The second kappa shape index (κ2) is 7.76. The summed E-state index contributed by atoms with van der Waals surface area (Å²) in [6.07, 6.45) is 2.30. The average Bonchev–Trinajstić information content (AvgIpc) is 2.32. The van der Waals surface area contributed by atoms with Gasteiger partial charge in [-0.1, -0.05) is 6.92 Å². The first kappa shape index (κ1) is 14.6. The smallest absolute Gasteiger partial charge is 0.328 e. The molecule has 0 saturated heterocycles. The van der Waals surface area contributed by atoms with Gasteiger partial charge in [0.1, 0.15) is 11.6 Å². The number of carbonyl (C=O) groups is 1. The van der Waals surface area contributed by atoms with Crippen molar-refractivity contribution in [1.82, 2.24) is 0 Å². The van der Waals surface area contributed by atoms with E-state index in [1.165, 1.54) is 18.2 Å². The summed E-state index contributed by atoms with van der Waals surface area (Å²) in [6.45, 7) is 2.56. The summed E-state index contributed by atoms with van der Waals surface area (Å²) >= 11 is 1.74. The molecule has 1 rings (SSSR count). The summed E-state index contributed by atoms with van der Waals surface area (Å²) in [5.74, 6) is 0.755. The van der Waals surface area contributed by atoms with E-state index in [4.69, 9.17) is 9.84 Å². The third kappa shape index (κ3) is 5.72. The third-order valence-corrected chi connectivity index (χ3v) is 2.88. The highest BCUT2D eigenvalue weighted by molar-refractivity contribution is 7.99. The van der Waals surface area contributed by atoms with Crippen LogP contribution < -0.4 is 4.74 Å². The first-order valence-corrected chi connectivity index (χ1v) is 6.69.